The molecule has 0 radical (unpaired) electrons. The molecule has 0 atom stereocenters. The minimum Gasteiger partial charge on any atom is -0.475 e. The van der Waals surface area contributed by atoms with Gasteiger partial charge in [0, 0.05) is 13.1 Å². The second-order valence-electron chi connectivity index (χ2n) is 6.04. The maximum absolute atomic E-state index is 12.8. The fraction of sp³-hybridized carbons (Fsp3) is 0.316. The fourth-order valence-corrected chi connectivity index (χ4v) is 2.92. The third kappa shape index (κ3) is 4.56. The van der Waals surface area contributed by atoms with Gasteiger partial charge in [-0.25, -0.2) is 18.7 Å². The molecule has 1 aromatic carbocycles. The molecule has 0 saturated carbocycles. The third-order valence-corrected chi connectivity index (χ3v) is 4.56. The Morgan fingerprint density at radius 3 is 2.64 bits per heavy atom. The minimum absolute atomic E-state index is 0.147. The Morgan fingerprint density at radius 2 is 1.96 bits per heavy atom. The average molecular weight is 408 g/mol. The van der Waals surface area contributed by atoms with E-state index in [0.29, 0.717) is 12.4 Å². The van der Waals surface area contributed by atoms with Crippen molar-refractivity contribution in [3.63, 3.8) is 0 Å². The van der Waals surface area contributed by atoms with Gasteiger partial charge in [0.2, 0.25) is 5.88 Å². The standard InChI is InChI=1S/C19H20ClF2N5O/c1-3-12-4-6-13(7-5-12)14-10-15(26-27(14)2)28-9-8-23-19-16(20)17(18(21)22)24-11-25-19/h4-7,10-11,18H,3,8-9H2,1-2H3,(H,23,24,25). The third-order valence-electron chi connectivity index (χ3n) is 4.18. The quantitative estimate of drug-likeness (QED) is 0.556. The summed E-state index contributed by atoms with van der Waals surface area (Å²) in [6.45, 7) is 2.69. The zero-order valence-electron chi connectivity index (χ0n) is 15.5. The Labute approximate surface area is 166 Å². The van der Waals surface area contributed by atoms with Crippen molar-refractivity contribution in [1.29, 1.82) is 0 Å². The summed E-state index contributed by atoms with van der Waals surface area (Å²) >= 11 is 5.89. The summed E-state index contributed by atoms with van der Waals surface area (Å²) in [5.74, 6) is 0.620. The second kappa shape index (κ2) is 8.97. The molecule has 28 heavy (non-hydrogen) atoms. The average Bonchev–Trinajstić information content (AvgIpc) is 3.06. The first kappa shape index (κ1) is 20.0. The van der Waals surface area contributed by atoms with Crippen molar-refractivity contribution in [2.75, 3.05) is 18.5 Å². The molecule has 2 heterocycles. The first-order valence-corrected chi connectivity index (χ1v) is 9.16. The monoisotopic (exact) mass is 407 g/mol. The van der Waals surface area contributed by atoms with Crippen LogP contribution in [-0.2, 0) is 13.5 Å². The summed E-state index contributed by atoms with van der Waals surface area (Å²) in [4.78, 5) is 7.36. The number of hydrogen-bond donors (Lipinski definition) is 1. The van der Waals surface area contributed by atoms with Gasteiger partial charge in [0.1, 0.15) is 29.5 Å². The number of aromatic nitrogens is 4. The summed E-state index contributed by atoms with van der Waals surface area (Å²) in [5.41, 5.74) is 2.76. The number of nitrogens with zero attached hydrogens (tertiary/aromatic N) is 4. The van der Waals surface area contributed by atoms with Gasteiger partial charge in [0.05, 0.1) is 12.2 Å². The summed E-state index contributed by atoms with van der Waals surface area (Å²) in [6, 6.07) is 10.1. The number of nitrogens with one attached hydrogen (secondary N) is 1. The molecule has 0 amide bonds. The number of benzene rings is 1. The van der Waals surface area contributed by atoms with Crippen molar-refractivity contribution in [2.45, 2.75) is 19.8 Å². The van der Waals surface area contributed by atoms with Gasteiger partial charge in [-0.3, -0.25) is 4.68 Å². The van der Waals surface area contributed by atoms with Crippen LogP contribution in [-0.4, -0.2) is 32.9 Å². The highest BCUT2D eigenvalue weighted by molar-refractivity contribution is 6.33. The Kier molecular flexibility index (Phi) is 6.41. The smallest absolute Gasteiger partial charge is 0.282 e. The van der Waals surface area contributed by atoms with Crippen molar-refractivity contribution in [3.05, 3.63) is 52.9 Å². The van der Waals surface area contributed by atoms with Gasteiger partial charge in [-0.1, -0.05) is 42.8 Å². The van der Waals surface area contributed by atoms with Crippen LogP contribution in [0, 0.1) is 0 Å². The van der Waals surface area contributed by atoms with E-state index in [4.69, 9.17) is 16.3 Å². The lowest BCUT2D eigenvalue weighted by molar-refractivity contribution is 0.146. The van der Waals surface area contributed by atoms with Gasteiger partial charge in [-0.05, 0) is 17.5 Å². The van der Waals surface area contributed by atoms with Gasteiger partial charge >= 0.3 is 0 Å². The highest BCUT2D eigenvalue weighted by Crippen LogP contribution is 2.29. The Bertz CT molecular complexity index is 931. The molecule has 3 rings (SSSR count). The van der Waals surface area contributed by atoms with Crippen LogP contribution in [0.5, 0.6) is 5.88 Å². The fourth-order valence-electron chi connectivity index (χ4n) is 2.68. The van der Waals surface area contributed by atoms with Gasteiger partial charge in [0.25, 0.3) is 6.43 Å². The SMILES string of the molecule is CCc1ccc(-c2cc(OCCNc3ncnc(C(F)F)c3Cl)nn2C)cc1. The van der Waals surface area contributed by atoms with Crippen molar-refractivity contribution < 1.29 is 13.5 Å². The van der Waals surface area contributed by atoms with Crippen LogP contribution >= 0.6 is 11.6 Å². The molecule has 3 aromatic rings. The summed E-state index contributed by atoms with van der Waals surface area (Å²) in [6.07, 6.45) is -0.723. The van der Waals surface area contributed by atoms with Crippen LogP contribution in [0.4, 0.5) is 14.6 Å². The predicted molar refractivity (Wildman–Crippen MR) is 104 cm³/mol. The molecule has 2 aromatic heterocycles. The van der Waals surface area contributed by atoms with Crippen LogP contribution < -0.4 is 10.1 Å². The molecule has 0 aliphatic rings. The molecular formula is C19H20ClF2N5O. The van der Waals surface area contributed by atoms with Crippen molar-refractivity contribution in [2.24, 2.45) is 7.05 Å². The molecule has 0 saturated heterocycles. The van der Waals surface area contributed by atoms with Gasteiger partial charge in [-0.15, -0.1) is 5.10 Å². The van der Waals surface area contributed by atoms with Crippen LogP contribution in [0.15, 0.2) is 36.7 Å². The first-order valence-electron chi connectivity index (χ1n) is 8.78. The number of halogens is 3. The minimum atomic E-state index is -2.76. The summed E-state index contributed by atoms with van der Waals surface area (Å²) in [5, 5.41) is 7.03. The van der Waals surface area contributed by atoms with E-state index in [0.717, 1.165) is 24.0 Å². The van der Waals surface area contributed by atoms with Crippen molar-refractivity contribution in [3.8, 4) is 17.1 Å². The van der Waals surface area contributed by atoms with E-state index in [1.165, 1.54) is 5.56 Å². The van der Waals surface area contributed by atoms with E-state index in [-0.39, 0.29) is 17.4 Å². The molecule has 0 fully saturated rings. The van der Waals surface area contributed by atoms with Crippen LogP contribution in [0.25, 0.3) is 11.3 Å². The Morgan fingerprint density at radius 1 is 1.21 bits per heavy atom. The zero-order valence-corrected chi connectivity index (χ0v) is 16.2. The van der Waals surface area contributed by atoms with E-state index in [1.807, 2.05) is 13.1 Å². The summed E-state index contributed by atoms with van der Waals surface area (Å²) in [7, 11) is 1.85. The molecule has 0 spiro atoms. The predicted octanol–water partition coefficient (Wildman–Crippen LogP) is 4.52. The van der Waals surface area contributed by atoms with Gasteiger partial charge < -0.3 is 10.1 Å². The van der Waals surface area contributed by atoms with E-state index in [9.17, 15) is 8.78 Å². The molecule has 6 nitrogen and oxygen atoms in total. The lowest BCUT2D eigenvalue weighted by atomic mass is 10.1. The molecule has 9 heteroatoms. The Hall–Kier alpha value is -2.74. The van der Waals surface area contributed by atoms with Crippen LogP contribution in [0.1, 0.15) is 24.6 Å². The topological polar surface area (TPSA) is 64.9 Å². The lowest BCUT2D eigenvalue weighted by Gasteiger charge is -2.09. The van der Waals surface area contributed by atoms with Crippen molar-refractivity contribution in [1.82, 2.24) is 19.7 Å². The second-order valence-corrected chi connectivity index (χ2v) is 6.42. The number of alkyl halides is 2. The molecule has 1 N–H and O–H groups in total. The maximum Gasteiger partial charge on any atom is 0.282 e. The van der Waals surface area contributed by atoms with E-state index < -0.39 is 12.1 Å². The highest BCUT2D eigenvalue weighted by Gasteiger charge is 2.17. The molecule has 0 bridgehead atoms. The summed E-state index contributed by atoms with van der Waals surface area (Å²) < 4.78 is 33.0. The van der Waals surface area contributed by atoms with Gasteiger partial charge in [0.15, 0.2) is 0 Å². The first-order chi connectivity index (χ1) is 13.5. The van der Waals surface area contributed by atoms with E-state index in [2.05, 4.69) is 51.6 Å². The van der Waals surface area contributed by atoms with E-state index in [1.54, 1.807) is 4.68 Å². The molecule has 148 valence electrons. The Balaban J connectivity index is 1.58. The largest absolute Gasteiger partial charge is 0.475 e. The van der Waals surface area contributed by atoms with Crippen LogP contribution in [0.3, 0.4) is 0 Å². The maximum atomic E-state index is 12.8. The van der Waals surface area contributed by atoms with Crippen molar-refractivity contribution >= 4 is 17.4 Å². The number of ether oxygens (including phenoxy) is 1. The molecule has 0 unspecified atom stereocenters. The van der Waals surface area contributed by atoms with Crippen LogP contribution in [0.2, 0.25) is 5.02 Å². The molecular weight excluding hydrogens is 388 g/mol. The highest BCUT2D eigenvalue weighted by atomic mass is 35.5. The van der Waals surface area contributed by atoms with E-state index >= 15 is 0 Å². The molecule has 0 aliphatic heterocycles. The number of aryl methyl sites for hydroxylation is 2. The molecule has 0 aliphatic carbocycles. The lowest BCUT2D eigenvalue weighted by Crippen LogP contribution is -2.13. The normalized spacial score (nSPS) is 11.1. The number of rotatable bonds is 8. The van der Waals surface area contributed by atoms with Gasteiger partial charge in [-0.2, -0.15) is 0 Å². The zero-order chi connectivity index (χ0) is 20.1. The number of anilines is 1. The number of hydrogen-bond acceptors (Lipinski definition) is 5.